The number of anilines is 1. The highest BCUT2D eigenvalue weighted by molar-refractivity contribution is 5.84. The summed E-state index contributed by atoms with van der Waals surface area (Å²) in [6, 6.07) is 8.53. The molecule has 0 saturated heterocycles. The van der Waals surface area contributed by atoms with E-state index in [1.807, 2.05) is 14.1 Å². The van der Waals surface area contributed by atoms with Gasteiger partial charge in [-0.05, 0) is 155 Å². The lowest BCUT2D eigenvalue weighted by Crippen LogP contribution is -2.67. The molecule has 10 atom stereocenters. The van der Waals surface area contributed by atoms with E-state index in [-0.39, 0.29) is 45.5 Å². The second kappa shape index (κ2) is 13.7. The number of amides is 1. The van der Waals surface area contributed by atoms with Gasteiger partial charge in [-0.1, -0.05) is 58.9 Å². The zero-order valence-corrected chi connectivity index (χ0v) is 34.7. The van der Waals surface area contributed by atoms with E-state index in [0.717, 1.165) is 75.5 Å². The van der Waals surface area contributed by atoms with Crippen molar-refractivity contribution in [3.05, 3.63) is 42.0 Å². The number of carboxylic acids is 1. The van der Waals surface area contributed by atoms with Crippen molar-refractivity contribution < 1.29 is 24.2 Å². The van der Waals surface area contributed by atoms with Gasteiger partial charge < -0.3 is 20.1 Å². The molecular formula is C46H70N2O5. The minimum Gasteiger partial charge on any atom is -0.481 e. The third kappa shape index (κ3) is 6.26. The maximum Gasteiger partial charge on any atom is 0.309 e. The summed E-state index contributed by atoms with van der Waals surface area (Å²) in [6.07, 6.45) is 11.3. The predicted molar refractivity (Wildman–Crippen MR) is 212 cm³/mol. The number of allylic oxidation sites excluding steroid dienone is 1. The highest BCUT2D eigenvalue weighted by Crippen LogP contribution is 2.78. The fourth-order valence-corrected chi connectivity index (χ4v) is 14.3. The number of esters is 1. The molecule has 6 rings (SSSR count). The Bertz CT molecular complexity index is 1600. The molecule has 1 aromatic rings. The monoisotopic (exact) mass is 731 g/mol. The van der Waals surface area contributed by atoms with Gasteiger partial charge in [0.25, 0.3) is 0 Å². The molecule has 5 aliphatic rings. The molecular weight excluding hydrogens is 661 g/mol. The maximum atomic E-state index is 14.7. The van der Waals surface area contributed by atoms with Gasteiger partial charge in [0.05, 0.1) is 17.3 Å². The number of carboxylic acid groups (broad SMARTS) is 1. The van der Waals surface area contributed by atoms with Gasteiger partial charge in [-0.15, -0.1) is 0 Å². The SMILES string of the molecule is C=C(C)[C@@H]1CC[C@]2(C(=O)NCc3ccc(N(C)C)cc3)CCC3[C@]4(C)CCC5C(C)(C)[C@@H](OC(=O)CC(C)(C)C(=O)O)CC[C@]5(C)C4CC[C@]3(CC)C12. The summed E-state index contributed by atoms with van der Waals surface area (Å²) in [4.78, 5) is 41.7. The average Bonchev–Trinajstić information content (AvgIpc) is 3.50. The second-order valence-corrected chi connectivity index (χ2v) is 20.4. The quantitative estimate of drug-likeness (QED) is 0.184. The average molecular weight is 731 g/mol. The van der Waals surface area contributed by atoms with E-state index < -0.39 is 17.4 Å². The van der Waals surface area contributed by atoms with E-state index >= 15 is 0 Å². The molecule has 4 unspecified atom stereocenters. The van der Waals surface area contributed by atoms with E-state index in [2.05, 4.69) is 82.6 Å². The van der Waals surface area contributed by atoms with Crippen molar-refractivity contribution in [2.75, 3.05) is 19.0 Å². The van der Waals surface area contributed by atoms with Crippen LogP contribution >= 0.6 is 0 Å². The van der Waals surface area contributed by atoms with Crippen LogP contribution < -0.4 is 10.2 Å². The van der Waals surface area contributed by atoms with Crippen molar-refractivity contribution in [1.29, 1.82) is 0 Å². The number of rotatable bonds is 10. The van der Waals surface area contributed by atoms with Crippen molar-refractivity contribution in [2.24, 2.45) is 62.1 Å². The molecule has 0 heterocycles. The number of nitrogens with zero attached hydrogens (tertiary/aromatic N) is 1. The Hall–Kier alpha value is -2.83. The van der Waals surface area contributed by atoms with E-state index in [9.17, 15) is 19.5 Å². The Morgan fingerprint density at radius 1 is 0.887 bits per heavy atom. The zero-order valence-electron chi connectivity index (χ0n) is 34.7. The molecule has 5 aliphatic carbocycles. The van der Waals surface area contributed by atoms with E-state index in [0.29, 0.717) is 36.1 Å². The standard InChI is InChI=1S/C46H70N2O5/c1-12-45-25-19-34-43(8)23-21-36(53-37(49)27-41(4,5)40(51)52)42(6,7)33(43)18-22-44(34,9)35(45)20-26-46(24-17-32(29(2)3)38(45)46)39(50)47-28-30-13-15-31(16-14-30)48(10)11/h13-16,32-36,38H,2,12,17-28H2,1,3-11H3,(H,47,50)(H,51,52)/t32-,33?,34?,35?,36-,38?,43-,44+,45-,46-/m0/s1. The van der Waals surface area contributed by atoms with Gasteiger partial charge in [-0.3, -0.25) is 14.4 Å². The van der Waals surface area contributed by atoms with Crippen molar-refractivity contribution in [1.82, 2.24) is 5.32 Å². The van der Waals surface area contributed by atoms with Crippen LogP contribution in [0.25, 0.3) is 0 Å². The van der Waals surface area contributed by atoms with Crippen molar-refractivity contribution in [3.63, 3.8) is 0 Å². The van der Waals surface area contributed by atoms with Crippen LogP contribution in [0.4, 0.5) is 5.69 Å². The lowest BCUT2D eigenvalue weighted by Gasteiger charge is -2.72. The van der Waals surface area contributed by atoms with Crippen LogP contribution in [0.2, 0.25) is 0 Å². The van der Waals surface area contributed by atoms with Crippen molar-refractivity contribution >= 4 is 23.5 Å². The normalized spacial score (nSPS) is 38.7. The molecule has 7 nitrogen and oxygen atoms in total. The summed E-state index contributed by atoms with van der Waals surface area (Å²) in [6.45, 7) is 22.8. The highest BCUT2D eigenvalue weighted by Gasteiger charge is 2.72. The number of ether oxygens (including phenoxy) is 1. The Labute approximate surface area is 320 Å². The number of hydrogen-bond donors (Lipinski definition) is 2. The number of benzene rings is 1. The number of hydrogen-bond acceptors (Lipinski definition) is 5. The molecule has 5 saturated carbocycles. The fourth-order valence-electron chi connectivity index (χ4n) is 14.3. The fraction of sp³-hybridized carbons (Fsp3) is 0.761. The van der Waals surface area contributed by atoms with Gasteiger partial charge in [-0.2, -0.15) is 0 Å². The van der Waals surface area contributed by atoms with E-state index in [1.54, 1.807) is 13.8 Å². The van der Waals surface area contributed by atoms with Crippen LogP contribution in [0.15, 0.2) is 36.4 Å². The van der Waals surface area contributed by atoms with Crippen LogP contribution in [-0.2, 0) is 25.7 Å². The first-order valence-electron chi connectivity index (χ1n) is 20.8. The lowest BCUT2D eigenvalue weighted by molar-refractivity contribution is -0.244. The summed E-state index contributed by atoms with van der Waals surface area (Å²) < 4.78 is 6.19. The molecule has 294 valence electrons. The molecule has 0 bridgehead atoms. The molecule has 1 aromatic carbocycles. The summed E-state index contributed by atoms with van der Waals surface area (Å²) >= 11 is 0. The van der Waals surface area contributed by atoms with E-state index in [1.165, 1.54) is 12.0 Å². The molecule has 0 aliphatic heterocycles. The van der Waals surface area contributed by atoms with Gasteiger partial charge in [0, 0.05) is 31.7 Å². The number of aliphatic carboxylic acids is 1. The summed E-state index contributed by atoms with van der Waals surface area (Å²) in [5, 5.41) is 13.1. The molecule has 0 spiro atoms. The third-order valence-electron chi connectivity index (χ3n) is 16.9. The molecule has 7 heteroatoms. The van der Waals surface area contributed by atoms with Gasteiger partial charge in [-0.25, -0.2) is 0 Å². The summed E-state index contributed by atoms with van der Waals surface area (Å²) in [5.41, 5.74) is 2.22. The predicted octanol–water partition coefficient (Wildman–Crippen LogP) is 9.83. The Morgan fingerprint density at radius 2 is 1.47 bits per heavy atom. The van der Waals surface area contributed by atoms with Crippen molar-refractivity contribution in [2.45, 2.75) is 145 Å². The van der Waals surface area contributed by atoms with Crippen LogP contribution in [0.5, 0.6) is 0 Å². The third-order valence-corrected chi connectivity index (χ3v) is 16.9. The number of carbonyl (C=O) groups excluding carboxylic acids is 2. The number of fused-ring (bicyclic) bond motifs is 7. The highest BCUT2D eigenvalue weighted by atomic mass is 16.5. The van der Waals surface area contributed by atoms with E-state index in [4.69, 9.17) is 4.74 Å². The Kier molecular flexibility index (Phi) is 10.3. The van der Waals surface area contributed by atoms with Crippen LogP contribution in [0.1, 0.15) is 138 Å². The number of carbonyl (C=O) groups is 3. The molecule has 53 heavy (non-hydrogen) atoms. The first-order valence-corrected chi connectivity index (χ1v) is 20.8. The molecule has 0 radical (unpaired) electrons. The lowest BCUT2D eigenvalue weighted by atomic mass is 9.32. The zero-order chi connectivity index (χ0) is 38.9. The Balaban J connectivity index is 1.26. The first kappa shape index (κ1) is 39.9. The first-order chi connectivity index (χ1) is 24.7. The van der Waals surface area contributed by atoms with Crippen LogP contribution in [0.3, 0.4) is 0 Å². The van der Waals surface area contributed by atoms with Crippen LogP contribution in [-0.4, -0.2) is 43.2 Å². The summed E-state index contributed by atoms with van der Waals surface area (Å²) in [7, 11) is 4.10. The number of nitrogens with one attached hydrogen (secondary N) is 1. The van der Waals surface area contributed by atoms with Gasteiger partial charge in [0.15, 0.2) is 0 Å². The summed E-state index contributed by atoms with van der Waals surface area (Å²) in [5.74, 6) is 1.09. The van der Waals surface area contributed by atoms with Gasteiger partial charge in [0.1, 0.15) is 6.10 Å². The Morgan fingerprint density at radius 3 is 2.08 bits per heavy atom. The smallest absolute Gasteiger partial charge is 0.309 e. The molecule has 1 amide bonds. The van der Waals surface area contributed by atoms with Gasteiger partial charge >= 0.3 is 11.9 Å². The topological polar surface area (TPSA) is 95.9 Å². The second-order valence-electron chi connectivity index (χ2n) is 20.4. The minimum absolute atomic E-state index is 0.0940. The molecule has 2 N–H and O–H groups in total. The molecule has 5 fully saturated rings. The van der Waals surface area contributed by atoms with Crippen molar-refractivity contribution in [3.8, 4) is 0 Å². The minimum atomic E-state index is -1.15. The maximum absolute atomic E-state index is 14.7. The molecule has 0 aromatic heterocycles. The largest absolute Gasteiger partial charge is 0.481 e. The van der Waals surface area contributed by atoms with Gasteiger partial charge in [0.2, 0.25) is 5.91 Å². The van der Waals surface area contributed by atoms with Crippen LogP contribution in [0, 0.1) is 62.1 Å².